The Morgan fingerprint density at radius 2 is 2.00 bits per heavy atom. The molecule has 0 saturated heterocycles. The molecule has 1 atom stereocenters. The number of allylic oxidation sites excluding steroid dienone is 1. The fourth-order valence-corrected chi connectivity index (χ4v) is 1.32. The summed E-state index contributed by atoms with van der Waals surface area (Å²) in [6.07, 6.45) is 2.43. The Balaban J connectivity index is 2.81. The lowest BCUT2D eigenvalue weighted by atomic mass is 10.1. The quantitative estimate of drug-likeness (QED) is 0.729. The van der Waals surface area contributed by atoms with Crippen LogP contribution in [-0.4, -0.2) is 0 Å². The van der Waals surface area contributed by atoms with Gasteiger partial charge in [-0.1, -0.05) is 41.9 Å². The normalized spacial score (nSPS) is 14.1. The van der Waals surface area contributed by atoms with E-state index in [0.717, 1.165) is 16.5 Å². The first-order valence-electron chi connectivity index (χ1n) is 4.76. The van der Waals surface area contributed by atoms with Crippen LogP contribution in [0.15, 0.2) is 34.6 Å². The summed E-state index contributed by atoms with van der Waals surface area (Å²) < 4.78 is 14.4. The summed E-state index contributed by atoms with van der Waals surface area (Å²) in [7, 11) is 0. The average Bonchev–Trinajstić information content (AvgIpc) is 2.20. The molecule has 0 saturated carbocycles. The number of hydrogen-bond acceptors (Lipinski definition) is 0. The van der Waals surface area contributed by atoms with Crippen LogP contribution >= 0.6 is 15.9 Å². The molecule has 0 nitrogen and oxygen atoms in total. The van der Waals surface area contributed by atoms with Crippen molar-refractivity contribution in [3.8, 4) is 0 Å². The van der Waals surface area contributed by atoms with Gasteiger partial charge in [0.1, 0.15) is 5.83 Å². The lowest BCUT2D eigenvalue weighted by molar-refractivity contribution is 0.489. The van der Waals surface area contributed by atoms with Crippen molar-refractivity contribution < 1.29 is 4.39 Å². The Morgan fingerprint density at radius 1 is 1.43 bits per heavy atom. The van der Waals surface area contributed by atoms with Gasteiger partial charge in [-0.15, -0.1) is 0 Å². The van der Waals surface area contributed by atoms with Gasteiger partial charge in [0.25, 0.3) is 0 Å². The van der Waals surface area contributed by atoms with Crippen molar-refractivity contribution in [1.29, 1.82) is 0 Å². The van der Waals surface area contributed by atoms with Gasteiger partial charge in [0, 0.05) is 10.4 Å². The van der Waals surface area contributed by atoms with E-state index in [1.54, 1.807) is 6.08 Å². The van der Waals surface area contributed by atoms with Crippen LogP contribution in [-0.2, 0) is 0 Å². The molecule has 2 heteroatoms. The maximum atomic E-state index is 13.4. The van der Waals surface area contributed by atoms with E-state index in [2.05, 4.69) is 15.9 Å². The first-order chi connectivity index (χ1) is 6.63. The molecule has 0 aliphatic rings. The van der Waals surface area contributed by atoms with E-state index in [1.165, 1.54) is 0 Å². The standard InChI is InChI=1S/C12H14BrF/c1-3-9(2)12(14)8-10-4-6-11(13)7-5-10/h4-9H,3H2,1-2H3/b12-8+/t9-/m1/s1. The minimum Gasteiger partial charge on any atom is -0.212 e. The van der Waals surface area contributed by atoms with Crippen molar-refractivity contribution in [2.75, 3.05) is 0 Å². The Morgan fingerprint density at radius 3 is 2.50 bits per heavy atom. The van der Waals surface area contributed by atoms with Gasteiger partial charge in [0.2, 0.25) is 0 Å². The van der Waals surface area contributed by atoms with Crippen molar-refractivity contribution in [1.82, 2.24) is 0 Å². The smallest absolute Gasteiger partial charge is 0.103 e. The topological polar surface area (TPSA) is 0 Å². The second kappa shape index (κ2) is 5.30. The van der Waals surface area contributed by atoms with Crippen LogP contribution in [0.2, 0.25) is 0 Å². The van der Waals surface area contributed by atoms with Crippen molar-refractivity contribution in [2.45, 2.75) is 20.3 Å². The zero-order valence-electron chi connectivity index (χ0n) is 8.43. The van der Waals surface area contributed by atoms with E-state index in [1.807, 2.05) is 38.1 Å². The first kappa shape index (κ1) is 11.4. The lowest BCUT2D eigenvalue weighted by Gasteiger charge is -2.04. The number of rotatable bonds is 3. The average molecular weight is 257 g/mol. The van der Waals surface area contributed by atoms with Crippen molar-refractivity contribution in [2.24, 2.45) is 5.92 Å². The molecular weight excluding hydrogens is 243 g/mol. The second-order valence-electron chi connectivity index (χ2n) is 3.39. The minimum atomic E-state index is -0.0465. The lowest BCUT2D eigenvalue weighted by Crippen LogP contribution is -1.91. The van der Waals surface area contributed by atoms with Gasteiger partial charge in [-0.2, -0.15) is 0 Å². The van der Waals surface area contributed by atoms with Crippen LogP contribution in [0.3, 0.4) is 0 Å². The number of halogens is 2. The summed E-state index contributed by atoms with van der Waals surface area (Å²) in [6.45, 7) is 3.88. The highest BCUT2D eigenvalue weighted by molar-refractivity contribution is 9.10. The Kier molecular flexibility index (Phi) is 4.33. The monoisotopic (exact) mass is 256 g/mol. The molecule has 1 rings (SSSR count). The van der Waals surface area contributed by atoms with Gasteiger partial charge in [0.15, 0.2) is 0 Å². The maximum Gasteiger partial charge on any atom is 0.103 e. The van der Waals surface area contributed by atoms with E-state index in [0.29, 0.717) is 0 Å². The summed E-state index contributed by atoms with van der Waals surface area (Å²) in [4.78, 5) is 0. The fourth-order valence-electron chi connectivity index (χ4n) is 1.06. The van der Waals surface area contributed by atoms with E-state index in [-0.39, 0.29) is 11.7 Å². The second-order valence-corrected chi connectivity index (χ2v) is 4.31. The summed E-state index contributed by atoms with van der Waals surface area (Å²) >= 11 is 3.34. The molecule has 14 heavy (non-hydrogen) atoms. The highest BCUT2D eigenvalue weighted by Crippen LogP contribution is 2.20. The highest BCUT2D eigenvalue weighted by atomic mass is 79.9. The molecule has 0 bridgehead atoms. The molecule has 0 unspecified atom stereocenters. The fraction of sp³-hybridized carbons (Fsp3) is 0.333. The molecular formula is C12H14BrF. The SMILES string of the molecule is CC[C@@H](C)/C(F)=C\c1ccc(Br)cc1. The molecule has 0 aliphatic heterocycles. The van der Waals surface area contributed by atoms with Gasteiger partial charge >= 0.3 is 0 Å². The molecule has 0 fully saturated rings. The molecule has 0 aromatic heterocycles. The Hall–Kier alpha value is -0.630. The van der Waals surface area contributed by atoms with Crippen LogP contribution in [0.1, 0.15) is 25.8 Å². The summed E-state index contributed by atoms with van der Waals surface area (Å²) in [5.41, 5.74) is 0.908. The minimum absolute atomic E-state index is 0.0126. The summed E-state index contributed by atoms with van der Waals surface area (Å²) in [5, 5.41) is 0. The molecule has 0 heterocycles. The molecule has 0 amide bonds. The Bertz CT molecular complexity index is 314. The third-order valence-corrected chi connectivity index (χ3v) is 2.79. The van der Waals surface area contributed by atoms with E-state index >= 15 is 0 Å². The van der Waals surface area contributed by atoms with Gasteiger partial charge in [0.05, 0.1) is 0 Å². The maximum absolute atomic E-state index is 13.4. The van der Waals surface area contributed by atoms with Crippen LogP contribution < -0.4 is 0 Å². The number of hydrogen-bond donors (Lipinski definition) is 0. The van der Waals surface area contributed by atoms with E-state index < -0.39 is 0 Å². The van der Waals surface area contributed by atoms with E-state index in [4.69, 9.17) is 0 Å². The van der Waals surface area contributed by atoms with Crippen LogP contribution in [0.4, 0.5) is 4.39 Å². The van der Waals surface area contributed by atoms with Crippen molar-refractivity contribution in [3.63, 3.8) is 0 Å². The van der Waals surface area contributed by atoms with Crippen molar-refractivity contribution in [3.05, 3.63) is 40.1 Å². The van der Waals surface area contributed by atoms with Gasteiger partial charge in [-0.3, -0.25) is 0 Å². The zero-order chi connectivity index (χ0) is 10.6. The predicted molar refractivity (Wildman–Crippen MR) is 62.7 cm³/mol. The first-order valence-corrected chi connectivity index (χ1v) is 5.55. The zero-order valence-corrected chi connectivity index (χ0v) is 10.0. The third-order valence-electron chi connectivity index (χ3n) is 2.26. The predicted octanol–water partition coefficient (Wildman–Crippen LogP) is 4.81. The Labute approximate surface area is 93.0 Å². The molecule has 0 spiro atoms. The largest absolute Gasteiger partial charge is 0.212 e. The summed E-state index contributed by atoms with van der Waals surface area (Å²) in [5.74, 6) is -0.0338. The highest BCUT2D eigenvalue weighted by Gasteiger charge is 2.04. The third kappa shape index (κ3) is 3.26. The van der Waals surface area contributed by atoms with Gasteiger partial charge in [-0.25, -0.2) is 4.39 Å². The molecule has 76 valence electrons. The van der Waals surface area contributed by atoms with Gasteiger partial charge in [-0.05, 0) is 30.2 Å². The van der Waals surface area contributed by atoms with E-state index in [9.17, 15) is 4.39 Å². The molecule has 1 aromatic carbocycles. The van der Waals surface area contributed by atoms with Gasteiger partial charge < -0.3 is 0 Å². The molecule has 0 radical (unpaired) electrons. The molecule has 1 aromatic rings. The molecule has 0 aliphatic carbocycles. The van der Waals surface area contributed by atoms with Crippen molar-refractivity contribution >= 4 is 22.0 Å². The molecule has 0 N–H and O–H groups in total. The number of benzene rings is 1. The summed E-state index contributed by atoms with van der Waals surface area (Å²) in [6, 6.07) is 7.61. The van der Waals surface area contributed by atoms with Crippen LogP contribution in [0.5, 0.6) is 0 Å². The van der Waals surface area contributed by atoms with Crippen LogP contribution in [0.25, 0.3) is 6.08 Å². The van der Waals surface area contributed by atoms with Crippen LogP contribution in [0, 0.1) is 5.92 Å².